The zero-order valence-corrected chi connectivity index (χ0v) is 18.7. The van der Waals surface area contributed by atoms with Crippen molar-refractivity contribution in [1.82, 2.24) is 0 Å². The Morgan fingerprint density at radius 2 is 1.52 bits per heavy atom. The summed E-state index contributed by atoms with van der Waals surface area (Å²) in [7, 11) is 1.33. The monoisotopic (exact) mass is 424 g/mol. The van der Waals surface area contributed by atoms with Gasteiger partial charge >= 0.3 is 5.97 Å². The van der Waals surface area contributed by atoms with Gasteiger partial charge in [-0.1, -0.05) is 62.1 Å². The number of hydrogen-bond acceptors (Lipinski definition) is 5. The van der Waals surface area contributed by atoms with Crippen LogP contribution in [0.15, 0.2) is 72.8 Å². The lowest BCUT2D eigenvalue weighted by Crippen LogP contribution is -2.19. The second kappa shape index (κ2) is 14.6. The van der Waals surface area contributed by atoms with Crippen LogP contribution in [0.1, 0.15) is 38.3 Å². The molecule has 0 aromatic heterocycles. The van der Waals surface area contributed by atoms with Crippen molar-refractivity contribution in [1.29, 1.82) is 0 Å². The minimum absolute atomic E-state index is 0.190. The van der Waals surface area contributed by atoms with Crippen LogP contribution in [0.5, 0.6) is 11.5 Å². The molecule has 2 aromatic carbocycles. The highest BCUT2D eigenvalue weighted by Gasteiger charge is 2.06. The van der Waals surface area contributed by atoms with Gasteiger partial charge in [-0.15, -0.1) is 0 Å². The van der Waals surface area contributed by atoms with Crippen LogP contribution in [0.3, 0.4) is 0 Å². The summed E-state index contributed by atoms with van der Waals surface area (Å²) in [4.78, 5) is 10.2. The zero-order chi connectivity index (χ0) is 23.1. The summed E-state index contributed by atoms with van der Waals surface area (Å²) in [5.74, 6) is 0.742. The van der Waals surface area contributed by atoms with Crippen LogP contribution in [0, 0.1) is 0 Å². The number of phenols is 1. The molecule has 0 saturated heterocycles. The third kappa shape index (κ3) is 10.9. The van der Waals surface area contributed by atoms with E-state index in [1.807, 2.05) is 74.5 Å². The van der Waals surface area contributed by atoms with Crippen molar-refractivity contribution in [3.05, 3.63) is 84.0 Å². The number of aromatic hydroxyl groups is 1. The Balaban J connectivity index is 0.000000592. The van der Waals surface area contributed by atoms with Crippen molar-refractivity contribution in [2.24, 2.45) is 0 Å². The standard InChI is InChI=1S/C21H24O3.C5H8O2/c1-3-21(23-4-2)24-20-15-11-18(12-16-20)8-6-5-7-17-9-13-19(22)14-10-17;1-4(2)5(6)7-3/h5-16,21-22H,3-4H2,1-2H3;1H2,2-3H3. The molecule has 0 heterocycles. The first-order chi connectivity index (χ1) is 14.9. The van der Waals surface area contributed by atoms with Gasteiger partial charge in [-0.3, -0.25) is 0 Å². The summed E-state index contributed by atoms with van der Waals surface area (Å²) in [6.07, 6.45) is 8.60. The van der Waals surface area contributed by atoms with Gasteiger partial charge in [0.05, 0.1) is 7.11 Å². The quantitative estimate of drug-likeness (QED) is 0.231. The van der Waals surface area contributed by atoms with E-state index in [1.165, 1.54) is 7.11 Å². The molecule has 1 N–H and O–H groups in total. The summed E-state index contributed by atoms with van der Waals surface area (Å²) in [6, 6.07) is 15.0. The van der Waals surface area contributed by atoms with E-state index < -0.39 is 0 Å². The molecule has 5 heteroatoms. The van der Waals surface area contributed by atoms with Crippen molar-refractivity contribution < 1.29 is 24.1 Å². The SMILES string of the molecule is C=C(C)C(=O)OC.CCOC(CC)Oc1ccc(C=CC=Cc2ccc(O)cc2)cc1. The number of hydrogen-bond donors (Lipinski definition) is 1. The molecule has 0 spiro atoms. The normalized spacial score (nSPS) is 11.6. The molecule has 0 amide bonds. The smallest absolute Gasteiger partial charge is 0.332 e. The fraction of sp³-hybridized carbons (Fsp3) is 0.269. The van der Waals surface area contributed by atoms with E-state index >= 15 is 0 Å². The molecule has 0 fully saturated rings. The molecule has 0 radical (unpaired) electrons. The largest absolute Gasteiger partial charge is 0.508 e. The van der Waals surface area contributed by atoms with Crippen LogP contribution in [0.2, 0.25) is 0 Å². The molecule has 0 bridgehead atoms. The topological polar surface area (TPSA) is 65.0 Å². The van der Waals surface area contributed by atoms with Gasteiger partial charge in [0.2, 0.25) is 0 Å². The Morgan fingerprint density at radius 1 is 1.00 bits per heavy atom. The average molecular weight is 425 g/mol. The highest BCUT2D eigenvalue weighted by molar-refractivity contribution is 5.86. The fourth-order valence-corrected chi connectivity index (χ4v) is 2.32. The van der Waals surface area contributed by atoms with E-state index in [-0.39, 0.29) is 18.0 Å². The predicted octanol–water partition coefficient (Wildman–Crippen LogP) is 6.01. The number of allylic oxidation sites excluding steroid dienone is 2. The van der Waals surface area contributed by atoms with E-state index in [1.54, 1.807) is 19.1 Å². The van der Waals surface area contributed by atoms with Gasteiger partial charge in [0, 0.05) is 18.6 Å². The van der Waals surface area contributed by atoms with Crippen molar-refractivity contribution in [2.45, 2.75) is 33.5 Å². The Kier molecular flexibility index (Phi) is 12.1. The highest BCUT2D eigenvalue weighted by atomic mass is 16.7. The molecule has 2 aromatic rings. The van der Waals surface area contributed by atoms with Crippen molar-refractivity contribution in [3.63, 3.8) is 0 Å². The lowest BCUT2D eigenvalue weighted by Gasteiger charge is -2.17. The lowest BCUT2D eigenvalue weighted by molar-refractivity contribution is -0.136. The number of methoxy groups -OCH3 is 1. The Bertz CT molecular complexity index is 848. The van der Waals surface area contributed by atoms with Gasteiger partial charge in [0.25, 0.3) is 0 Å². The molecule has 0 aliphatic rings. The number of carbonyl (C=O) groups is 1. The van der Waals surface area contributed by atoms with Crippen molar-refractivity contribution in [2.75, 3.05) is 13.7 Å². The van der Waals surface area contributed by atoms with Gasteiger partial charge < -0.3 is 19.3 Å². The van der Waals surface area contributed by atoms with Crippen LogP contribution in [0.25, 0.3) is 12.2 Å². The van der Waals surface area contributed by atoms with E-state index in [0.717, 1.165) is 23.3 Å². The van der Waals surface area contributed by atoms with Gasteiger partial charge in [-0.25, -0.2) is 4.79 Å². The van der Waals surface area contributed by atoms with Crippen LogP contribution in [-0.2, 0) is 14.3 Å². The molecule has 0 aliphatic carbocycles. The minimum atomic E-state index is -0.347. The summed E-state index contributed by atoms with van der Waals surface area (Å²) < 4.78 is 15.5. The first-order valence-electron chi connectivity index (χ1n) is 10.2. The van der Waals surface area contributed by atoms with E-state index in [0.29, 0.717) is 12.2 Å². The maximum atomic E-state index is 10.2. The van der Waals surface area contributed by atoms with Gasteiger partial charge in [-0.05, 0) is 49.2 Å². The molecular formula is C26H32O5. The number of benzene rings is 2. The maximum absolute atomic E-state index is 10.2. The number of carbonyl (C=O) groups excluding carboxylic acids is 1. The van der Waals surface area contributed by atoms with Crippen LogP contribution in [0.4, 0.5) is 0 Å². The first kappa shape index (κ1) is 25.7. The average Bonchev–Trinajstić information content (AvgIpc) is 2.78. The summed E-state index contributed by atoms with van der Waals surface area (Å²) in [6.45, 7) is 9.60. The molecule has 31 heavy (non-hydrogen) atoms. The number of rotatable bonds is 9. The molecule has 2 rings (SSSR count). The zero-order valence-electron chi connectivity index (χ0n) is 18.7. The van der Waals surface area contributed by atoms with Gasteiger partial charge in [-0.2, -0.15) is 0 Å². The Hall–Kier alpha value is -3.31. The second-order valence-corrected chi connectivity index (χ2v) is 6.56. The predicted molar refractivity (Wildman–Crippen MR) is 126 cm³/mol. The number of phenolic OH excluding ortho intramolecular Hbond substituents is 1. The highest BCUT2D eigenvalue weighted by Crippen LogP contribution is 2.16. The molecule has 166 valence electrons. The Morgan fingerprint density at radius 3 is 1.90 bits per heavy atom. The van der Waals surface area contributed by atoms with E-state index in [9.17, 15) is 9.90 Å². The summed E-state index contributed by atoms with van der Waals surface area (Å²) in [5, 5.41) is 9.24. The maximum Gasteiger partial charge on any atom is 0.332 e. The molecule has 1 atom stereocenters. The van der Waals surface area contributed by atoms with E-state index in [4.69, 9.17) is 9.47 Å². The van der Waals surface area contributed by atoms with Crippen LogP contribution < -0.4 is 4.74 Å². The van der Waals surface area contributed by atoms with E-state index in [2.05, 4.69) is 11.3 Å². The first-order valence-corrected chi connectivity index (χ1v) is 10.2. The fourth-order valence-electron chi connectivity index (χ4n) is 2.32. The molecule has 5 nitrogen and oxygen atoms in total. The summed E-state index contributed by atoms with van der Waals surface area (Å²) >= 11 is 0. The van der Waals surface area contributed by atoms with Crippen LogP contribution >= 0.6 is 0 Å². The molecule has 0 saturated carbocycles. The third-order valence-electron chi connectivity index (χ3n) is 3.95. The van der Waals surface area contributed by atoms with Gasteiger partial charge in [0.15, 0.2) is 6.29 Å². The lowest BCUT2D eigenvalue weighted by atomic mass is 10.2. The minimum Gasteiger partial charge on any atom is -0.508 e. The molecule has 0 aliphatic heterocycles. The molecule has 1 unspecified atom stereocenters. The van der Waals surface area contributed by atoms with Crippen LogP contribution in [-0.4, -0.2) is 31.1 Å². The number of esters is 1. The van der Waals surface area contributed by atoms with Gasteiger partial charge in [0.1, 0.15) is 11.5 Å². The molecular weight excluding hydrogens is 392 g/mol. The van der Waals surface area contributed by atoms with Crippen molar-refractivity contribution in [3.8, 4) is 11.5 Å². The second-order valence-electron chi connectivity index (χ2n) is 6.56. The van der Waals surface area contributed by atoms with Crippen molar-refractivity contribution >= 4 is 18.1 Å². The third-order valence-corrected chi connectivity index (χ3v) is 3.95. The Labute approximate surface area is 185 Å². The number of ether oxygens (including phenoxy) is 3. The summed E-state index contributed by atoms with van der Waals surface area (Å²) in [5.41, 5.74) is 2.58.